The Morgan fingerprint density at radius 1 is 0.731 bits per heavy atom. The van der Waals surface area contributed by atoms with Gasteiger partial charge in [0.15, 0.2) is 0 Å². The van der Waals surface area contributed by atoms with Gasteiger partial charge in [-0.05, 0) is 57.1 Å². The molecular formula is C23H38O2S. The van der Waals surface area contributed by atoms with Gasteiger partial charge in [0.1, 0.15) is 0 Å². The van der Waals surface area contributed by atoms with E-state index in [4.69, 9.17) is 5.11 Å². The van der Waals surface area contributed by atoms with Gasteiger partial charge < -0.3 is 5.11 Å². The van der Waals surface area contributed by atoms with E-state index in [9.17, 15) is 4.79 Å². The fourth-order valence-corrected chi connectivity index (χ4v) is 3.22. The Morgan fingerprint density at radius 2 is 1.23 bits per heavy atom. The first-order valence-electron chi connectivity index (χ1n) is 10.2. The molecule has 0 aliphatic heterocycles. The molecule has 0 radical (unpaired) electrons. The molecule has 2 nitrogen and oxygen atoms in total. The second-order valence-electron chi connectivity index (χ2n) is 6.34. The van der Waals surface area contributed by atoms with Gasteiger partial charge in [0.25, 0.3) is 0 Å². The van der Waals surface area contributed by atoms with Crippen LogP contribution in [0.5, 0.6) is 0 Å². The van der Waals surface area contributed by atoms with Gasteiger partial charge in [-0.2, -0.15) is 11.8 Å². The zero-order chi connectivity index (χ0) is 19.1. The minimum absolute atomic E-state index is 0.280. The molecule has 0 aromatic carbocycles. The van der Waals surface area contributed by atoms with Gasteiger partial charge in [0.2, 0.25) is 0 Å². The summed E-state index contributed by atoms with van der Waals surface area (Å²) in [6, 6.07) is 0. The zero-order valence-corrected chi connectivity index (χ0v) is 17.4. The smallest absolute Gasteiger partial charge is 0.304 e. The van der Waals surface area contributed by atoms with E-state index < -0.39 is 5.97 Å². The normalized spacial score (nSPS) is 12.3. The monoisotopic (exact) mass is 378 g/mol. The predicted octanol–water partition coefficient (Wildman–Crippen LogP) is 7.34. The van der Waals surface area contributed by atoms with Crippen LogP contribution in [0.1, 0.15) is 77.6 Å². The summed E-state index contributed by atoms with van der Waals surface area (Å²) in [5.74, 6) is 1.11. The third-order valence-electron chi connectivity index (χ3n) is 3.83. The maximum absolute atomic E-state index is 10.4. The van der Waals surface area contributed by atoms with Crippen LogP contribution in [-0.4, -0.2) is 22.6 Å². The average Bonchev–Trinajstić information content (AvgIpc) is 2.62. The Hall–Kier alpha value is -1.22. The minimum Gasteiger partial charge on any atom is -0.481 e. The topological polar surface area (TPSA) is 37.3 Å². The van der Waals surface area contributed by atoms with Crippen LogP contribution in [0.2, 0.25) is 0 Å². The van der Waals surface area contributed by atoms with Crippen molar-refractivity contribution in [3.05, 3.63) is 48.6 Å². The van der Waals surface area contributed by atoms with E-state index in [0.717, 1.165) is 37.2 Å². The van der Waals surface area contributed by atoms with Crippen molar-refractivity contribution in [2.75, 3.05) is 11.5 Å². The number of carbonyl (C=O) groups is 1. The highest BCUT2D eigenvalue weighted by Crippen LogP contribution is 2.08. The van der Waals surface area contributed by atoms with Crippen LogP contribution >= 0.6 is 11.8 Å². The number of allylic oxidation sites excluding steroid dienone is 8. The molecule has 0 aliphatic carbocycles. The number of thioether (sulfide) groups is 1. The van der Waals surface area contributed by atoms with Gasteiger partial charge in [0, 0.05) is 5.75 Å². The fourth-order valence-electron chi connectivity index (χ4n) is 2.29. The molecule has 0 heterocycles. The highest BCUT2D eigenvalue weighted by atomic mass is 32.2. The Kier molecular flexibility index (Phi) is 20.8. The van der Waals surface area contributed by atoms with Crippen LogP contribution in [0.3, 0.4) is 0 Å². The van der Waals surface area contributed by atoms with Crippen LogP contribution in [-0.2, 0) is 4.79 Å². The van der Waals surface area contributed by atoms with Crippen molar-refractivity contribution in [1.82, 2.24) is 0 Å². The van der Waals surface area contributed by atoms with Crippen LogP contribution in [0.15, 0.2) is 48.6 Å². The summed E-state index contributed by atoms with van der Waals surface area (Å²) in [4.78, 5) is 10.4. The quantitative estimate of drug-likeness (QED) is 0.200. The van der Waals surface area contributed by atoms with Crippen molar-refractivity contribution in [2.24, 2.45) is 0 Å². The van der Waals surface area contributed by atoms with Crippen LogP contribution in [0.25, 0.3) is 0 Å². The second kappa shape index (κ2) is 21.8. The molecule has 0 bridgehead atoms. The molecule has 1 N–H and O–H groups in total. The first kappa shape index (κ1) is 24.8. The SMILES string of the molecule is CCCCC/C=C\C/C=C\C/C=C\C/C=C\CCCCSCCC(=O)O. The lowest BCUT2D eigenvalue weighted by molar-refractivity contribution is -0.136. The molecule has 148 valence electrons. The first-order chi connectivity index (χ1) is 12.8. The number of carboxylic acids is 1. The first-order valence-corrected chi connectivity index (χ1v) is 11.3. The highest BCUT2D eigenvalue weighted by molar-refractivity contribution is 7.99. The lowest BCUT2D eigenvalue weighted by atomic mass is 10.2. The molecule has 0 aromatic rings. The van der Waals surface area contributed by atoms with E-state index in [1.165, 1.54) is 38.5 Å². The van der Waals surface area contributed by atoms with Crippen LogP contribution in [0, 0.1) is 0 Å². The van der Waals surface area contributed by atoms with E-state index >= 15 is 0 Å². The van der Waals surface area contributed by atoms with Crippen molar-refractivity contribution in [3.63, 3.8) is 0 Å². The van der Waals surface area contributed by atoms with Crippen molar-refractivity contribution in [1.29, 1.82) is 0 Å². The number of carboxylic acid groups (broad SMARTS) is 1. The molecule has 0 aromatic heterocycles. The summed E-state index contributed by atoms with van der Waals surface area (Å²) >= 11 is 1.74. The molecular weight excluding hydrogens is 340 g/mol. The van der Waals surface area contributed by atoms with E-state index in [1.807, 2.05) is 0 Å². The third kappa shape index (κ3) is 22.8. The number of hydrogen-bond acceptors (Lipinski definition) is 2. The van der Waals surface area contributed by atoms with Gasteiger partial charge in [-0.25, -0.2) is 0 Å². The summed E-state index contributed by atoms with van der Waals surface area (Å²) in [7, 11) is 0. The largest absolute Gasteiger partial charge is 0.481 e. The maximum atomic E-state index is 10.4. The predicted molar refractivity (Wildman–Crippen MR) is 118 cm³/mol. The molecule has 0 rings (SSSR count). The van der Waals surface area contributed by atoms with E-state index in [1.54, 1.807) is 11.8 Å². The van der Waals surface area contributed by atoms with Crippen LogP contribution < -0.4 is 0 Å². The second-order valence-corrected chi connectivity index (χ2v) is 7.57. The number of hydrogen-bond donors (Lipinski definition) is 1. The van der Waals surface area contributed by atoms with Gasteiger partial charge in [-0.3, -0.25) is 4.79 Å². The Balaban J connectivity index is 3.34. The van der Waals surface area contributed by atoms with E-state index in [0.29, 0.717) is 0 Å². The van der Waals surface area contributed by atoms with E-state index in [2.05, 4.69) is 55.5 Å². The van der Waals surface area contributed by atoms with E-state index in [-0.39, 0.29) is 6.42 Å². The summed E-state index contributed by atoms with van der Waals surface area (Å²) in [6.07, 6.45) is 30.0. The molecule has 26 heavy (non-hydrogen) atoms. The summed E-state index contributed by atoms with van der Waals surface area (Å²) in [5.41, 5.74) is 0. The van der Waals surface area contributed by atoms with Crippen molar-refractivity contribution < 1.29 is 9.90 Å². The number of aliphatic carboxylic acids is 1. The lowest BCUT2D eigenvalue weighted by Gasteiger charge is -1.98. The molecule has 3 heteroatoms. The van der Waals surface area contributed by atoms with Gasteiger partial charge in [-0.15, -0.1) is 0 Å². The van der Waals surface area contributed by atoms with Crippen molar-refractivity contribution >= 4 is 17.7 Å². The van der Waals surface area contributed by atoms with Gasteiger partial charge in [-0.1, -0.05) is 68.4 Å². The Labute approximate surface area is 165 Å². The fraction of sp³-hybridized carbons (Fsp3) is 0.609. The standard InChI is InChI=1S/C23H38O2S/c1-2-3-4-5-6-7-8-9-10-11-12-13-14-15-16-17-18-19-21-26-22-20-23(24)25/h6-7,9-10,12-13,15-16H,2-5,8,11,14,17-22H2,1H3,(H,24,25)/b7-6-,10-9-,13-12-,16-15-. The summed E-state index contributed by atoms with van der Waals surface area (Å²) < 4.78 is 0. The Morgan fingerprint density at radius 3 is 1.73 bits per heavy atom. The van der Waals surface area contributed by atoms with Crippen molar-refractivity contribution in [3.8, 4) is 0 Å². The molecule has 0 fully saturated rings. The zero-order valence-electron chi connectivity index (χ0n) is 16.6. The number of rotatable bonds is 18. The number of unbranched alkanes of at least 4 members (excludes halogenated alkanes) is 5. The lowest BCUT2D eigenvalue weighted by Crippen LogP contribution is -1.96. The van der Waals surface area contributed by atoms with Crippen LogP contribution in [0.4, 0.5) is 0 Å². The molecule has 0 saturated heterocycles. The van der Waals surface area contributed by atoms with Gasteiger partial charge in [0.05, 0.1) is 6.42 Å². The highest BCUT2D eigenvalue weighted by Gasteiger charge is 1.95. The molecule has 0 saturated carbocycles. The molecule has 0 spiro atoms. The van der Waals surface area contributed by atoms with Gasteiger partial charge >= 0.3 is 5.97 Å². The average molecular weight is 379 g/mol. The third-order valence-corrected chi connectivity index (χ3v) is 4.90. The molecule has 0 atom stereocenters. The summed E-state index contributed by atoms with van der Waals surface area (Å²) in [5, 5.41) is 8.54. The van der Waals surface area contributed by atoms with Crippen molar-refractivity contribution in [2.45, 2.75) is 77.6 Å². The molecule has 0 unspecified atom stereocenters. The minimum atomic E-state index is -0.696. The summed E-state index contributed by atoms with van der Waals surface area (Å²) in [6.45, 7) is 2.24. The molecule has 0 amide bonds. The maximum Gasteiger partial charge on any atom is 0.304 e. The molecule has 0 aliphatic rings. The Bertz CT molecular complexity index is 422.